The van der Waals surface area contributed by atoms with Crippen molar-refractivity contribution in [2.24, 2.45) is 0 Å². The van der Waals surface area contributed by atoms with E-state index >= 15 is 0 Å². The number of nitrogens with one attached hydrogen (secondary N) is 1. The molecule has 6 aromatic rings. The third-order valence-corrected chi connectivity index (χ3v) is 5.77. The number of rotatable bonds is 4. The predicted molar refractivity (Wildman–Crippen MR) is 129 cm³/mol. The van der Waals surface area contributed by atoms with Crippen molar-refractivity contribution in [3.63, 3.8) is 0 Å². The van der Waals surface area contributed by atoms with Crippen molar-refractivity contribution in [1.82, 2.24) is 19.5 Å². The zero-order chi connectivity index (χ0) is 22.4. The Kier molecular flexibility index (Phi) is 4.30. The van der Waals surface area contributed by atoms with E-state index in [9.17, 15) is 9.90 Å². The highest BCUT2D eigenvalue weighted by Crippen LogP contribution is 2.36. The van der Waals surface area contributed by atoms with Crippen LogP contribution in [0, 0.1) is 0 Å². The van der Waals surface area contributed by atoms with Crippen molar-refractivity contribution < 1.29 is 9.90 Å². The summed E-state index contributed by atoms with van der Waals surface area (Å²) in [5, 5.41) is 10.5. The maximum absolute atomic E-state index is 11.5. The van der Waals surface area contributed by atoms with Crippen LogP contribution in [0.25, 0.3) is 50.3 Å². The first-order valence-corrected chi connectivity index (χ1v) is 10.5. The van der Waals surface area contributed by atoms with Crippen LogP contribution in [0.1, 0.15) is 10.5 Å². The smallest absolute Gasteiger partial charge is 0.354 e. The van der Waals surface area contributed by atoms with Gasteiger partial charge in [-0.15, -0.1) is 0 Å². The molecule has 0 unspecified atom stereocenters. The molecule has 6 rings (SSSR count). The molecule has 0 amide bonds. The van der Waals surface area contributed by atoms with E-state index in [1.807, 2.05) is 60.8 Å². The molecule has 0 aliphatic heterocycles. The molecule has 3 aromatic heterocycles. The second-order valence-electron chi connectivity index (χ2n) is 7.74. The van der Waals surface area contributed by atoms with E-state index in [1.165, 1.54) is 6.07 Å². The minimum absolute atomic E-state index is 0.00312. The van der Waals surface area contributed by atoms with Crippen LogP contribution in [-0.4, -0.2) is 30.6 Å². The van der Waals surface area contributed by atoms with E-state index < -0.39 is 5.97 Å². The number of nitrogens with zero attached hydrogens (tertiary/aromatic N) is 3. The van der Waals surface area contributed by atoms with Gasteiger partial charge >= 0.3 is 5.97 Å². The van der Waals surface area contributed by atoms with E-state index in [1.54, 1.807) is 6.07 Å². The molecule has 0 aliphatic carbocycles. The van der Waals surface area contributed by atoms with Gasteiger partial charge in [-0.1, -0.05) is 48.5 Å². The Bertz CT molecular complexity index is 1650. The van der Waals surface area contributed by atoms with Crippen LogP contribution in [0.5, 0.6) is 0 Å². The van der Waals surface area contributed by atoms with Gasteiger partial charge in [0.2, 0.25) is 0 Å². The SMILES string of the molecule is O=C(O)c1cccc(-c2cccc3c2nc(-c2cccc4cc[nH]c24)n3-c2ccccc2)n1. The number of carboxylic acids is 1. The summed E-state index contributed by atoms with van der Waals surface area (Å²) >= 11 is 0. The van der Waals surface area contributed by atoms with Crippen LogP contribution in [0.15, 0.2) is 97.2 Å². The number of para-hydroxylation sites is 3. The number of aromatic nitrogens is 4. The summed E-state index contributed by atoms with van der Waals surface area (Å²) in [5.41, 5.74) is 6.02. The molecule has 33 heavy (non-hydrogen) atoms. The van der Waals surface area contributed by atoms with Gasteiger partial charge in [0.15, 0.2) is 0 Å². The first kappa shape index (κ1) is 19.0. The van der Waals surface area contributed by atoms with Crippen molar-refractivity contribution in [2.45, 2.75) is 0 Å². The fraction of sp³-hybridized carbons (Fsp3) is 0. The summed E-state index contributed by atoms with van der Waals surface area (Å²) in [6.45, 7) is 0. The lowest BCUT2D eigenvalue weighted by atomic mass is 10.1. The van der Waals surface area contributed by atoms with Gasteiger partial charge < -0.3 is 10.1 Å². The standard InChI is InChI=1S/C27H18N4O2/c32-27(33)22-13-6-12-21(29-22)19-10-5-14-23-25(19)30-26(31(23)18-8-2-1-3-9-18)20-11-4-7-17-15-16-28-24(17)20/h1-16,28H,(H,32,33). The number of hydrogen-bond donors (Lipinski definition) is 2. The molecule has 158 valence electrons. The minimum atomic E-state index is -1.06. The highest BCUT2D eigenvalue weighted by Gasteiger charge is 2.20. The molecule has 0 radical (unpaired) electrons. The zero-order valence-corrected chi connectivity index (χ0v) is 17.4. The topological polar surface area (TPSA) is 83.8 Å². The third-order valence-electron chi connectivity index (χ3n) is 5.77. The Balaban J connectivity index is 1.69. The summed E-state index contributed by atoms with van der Waals surface area (Å²) < 4.78 is 2.13. The molecular weight excluding hydrogens is 412 g/mol. The maximum Gasteiger partial charge on any atom is 0.354 e. The Morgan fingerprint density at radius 3 is 2.42 bits per heavy atom. The Hall–Kier alpha value is -4.71. The molecule has 6 nitrogen and oxygen atoms in total. The quantitative estimate of drug-likeness (QED) is 0.363. The van der Waals surface area contributed by atoms with Crippen LogP contribution >= 0.6 is 0 Å². The molecule has 0 saturated carbocycles. The molecule has 2 N–H and O–H groups in total. The van der Waals surface area contributed by atoms with Gasteiger partial charge in [0.1, 0.15) is 11.5 Å². The number of aromatic carboxylic acids is 1. The molecule has 0 aliphatic rings. The van der Waals surface area contributed by atoms with Crippen molar-refractivity contribution >= 4 is 27.9 Å². The molecule has 3 aromatic carbocycles. The van der Waals surface area contributed by atoms with Crippen LogP contribution in [0.2, 0.25) is 0 Å². The largest absolute Gasteiger partial charge is 0.477 e. The molecule has 3 heterocycles. The van der Waals surface area contributed by atoms with Gasteiger partial charge in [-0.05, 0) is 42.5 Å². The number of hydrogen-bond acceptors (Lipinski definition) is 3. The highest BCUT2D eigenvalue weighted by atomic mass is 16.4. The van der Waals surface area contributed by atoms with E-state index in [4.69, 9.17) is 4.98 Å². The summed E-state index contributed by atoms with van der Waals surface area (Å²) in [4.78, 5) is 24.3. The van der Waals surface area contributed by atoms with Crippen LogP contribution in [0.3, 0.4) is 0 Å². The lowest BCUT2D eigenvalue weighted by Crippen LogP contribution is -2.00. The third kappa shape index (κ3) is 3.08. The first-order valence-electron chi connectivity index (χ1n) is 10.5. The van der Waals surface area contributed by atoms with Gasteiger partial charge in [0, 0.05) is 28.4 Å². The van der Waals surface area contributed by atoms with Crippen molar-refractivity contribution in [3.8, 4) is 28.3 Å². The Morgan fingerprint density at radius 1 is 0.788 bits per heavy atom. The monoisotopic (exact) mass is 430 g/mol. The number of H-pyrrole nitrogens is 1. The normalized spacial score (nSPS) is 11.3. The number of aromatic amines is 1. The second kappa shape index (κ2) is 7.46. The molecule has 6 heteroatoms. The van der Waals surface area contributed by atoms with Crippen molar-refractivity contribution in [3.05, 3.63) is 103 Å². The van der Waals surface area contributed by atoms with Gasteiger partial charge in [-0.3, -0.25) is 4.57 Å². The zero-order valence-electron chi connectivity index (χ0n) is 17.4. The van der Waals surface area contributed by atoms with E-state index in [0.717, 1.165) is 44.6 Å². The number of carboxylic acid groups (broad SMARTS) is 1. The first-order chi connectivity index (χ1) is 16.2. The average Bonchev–Trinajstić information content (AvgIpc) is 3.49. The number of benzene rings is 3. The summed E-state index contributed by atoms with van der Waals surface area (Å²) in [7, 11) is 0. The number of carbonyl (C=O) groups is 1. The lowest BCUT2D eigenvalue weighted by molar-refractivity contribution is 0.0690. The van der Waals surface area contributed by atoms with Crippen molar-refractivity contribution in [2.75, 3.05) is 0 Å². The van der Waals surface area contributed by atoms with E-state index in [-0.39, 0.29) is 5.69 Å². The average molecular weight is 430 g/mol. The van der Waals surface area contributed by atoms with Crippen LogP contribution in [-0.2, 0) is 0 Å². The number of fused-ring (bicyclic) bond motifs is 2. The summed E-state index contributed by atoms with van der Waals surface area (Å²) in [5.74, 6) is -0.260. The second-order valence-corrected chi connectivity index (χ2v) is 7.74. The van der Waals surface area contributed by atoms with Gasteiger partial charge in [-0.2, -0.15) is 0 Å². The highest BCUT2D eigenvalue weighted by molar-refractivity contribution is 5.99. The van der Waals surface area contributed by atoms with Crippen LogP contribution < -0.4 is 0 Å². The number of pyridine rings is 1. The molecular formula is C27H18N4O2. The maximum atomic E-state index is 11.5. The molecule has 0 bridgehead atoms. The fourth-order valence-electron chi connectivity index (χ4n) is 4.30. The van der Waals surface area contributed by atoms with Crippen LogP contribution in [0.4, 0.5) is 0 Å². The van der Waals surface area contributed by atoms with Gasteiger partial charge in [-0.25, -0.2) is 14.8 Å². The number of imidazole rings is 1. The minimum Gasteiger partial charge on any atom is -0.477 e. The molecule has 0 saturated heterocycles. The Labute approximate surface area is 188 Å². The Morgan fingerprint density at radius 2 is 1.58 bits per heavy atom. The van der Waals surface area contributed by atoms with E-state index in [0.29, 0.717) is 5.69 Å². The molecule has 0 spiro atoms. The van der Waals surface area contributed by atoms with Gasteiger partial charge in [0.25, 0.3) is 0 Å². The van der Waals surface area contributed by atoms with Crippen molar-refractivity contribution in [1.29, 1.82) is 0 Å². The predicted octanol–water partition coefficient (Wildman–Crippen LogP) is 5.93. The lowest BCUT2D eigenvalue weighted by Gasteiger charge is -2.10. The molecule has 0 atom stereocenters. The van der Waals surface area contributed by atoms with E-state index in [2.05, 4.69) is 38.8 Å². The summed E-state index contributed by atoms with van der Waals surface area (Å²) in [6.07, 6.45) is 1.93. The fourth-order valence-corrected chi connectivity index (χ4v) is 4.30. The summed E-state index contributed by atoms with van der Waals surface area (Å²) in [6, 6.07) is 29.2. The molecule has 0 fully saturated rings. The van der Waals surface area contributed by atoms with Gasteiger partial charge in [0.05, 0.1) is 22.2 Å².